The zero-order valence-corrected chi connectivity index (χ0v) is 20.0. The molecule has 5 N–H and O–H groups in total. The van der Waals surface area contributed by atoms with Gasteiger partial charge in [0.15, 0.2) is 0 Å². The largest absolute Gasteiger partial charge is 0.405 e. The first kappa shape index (κ1) is 26.0. The highest BCUT2D eigenvalue weighted by Gasteiger charge is 2.31. The van der Waals surface area contributed by atoms with Crippen LogP contribution in [0, 0.1) is 5.92 Å². The summed E-state index contributed by atoms with van der Waals surface area (Å²) in [5.41, 5.74) is 2.74. The summed E-state index contributed by atoms with van der Waals surface area (Å²) in [5, 5.41) is 13.7. The van der Waals surface area contributed by atoms with Crippen LogP contribution in [0.5, 0.6) is 0 Å². The molecule has 1 aliphatic rings. The highest BCUT2D eigenvalue weighted by Crippen LogP contribution is 2.36. The molecule has 0 bridgehead atoms. The Morgan fingerprint density at radius 1 is 1.11 bits per heavy atom. The lowest BCUT2D eigenvalue weighted by Gasteiger charge is -2.23. The second-order valence-electron chi connectivity index (χ2n) is 9.05. The van der Waals surface area contributed by atoms with E-state index in [2.05, 4.69) is 31.2 Å². The monoisotopic (exact) mass is 493 g/mol. The molecule has 190 valence electrons. The van der Waals surface area contributed by atoms with E-state index >= 15 is 0 Å². The van der Waals surface area contributed by atoms with Gasteiger partial charge in [0.25, 0.3) is 0 Å². The third-order valence-corrected chi connectivity index (χ3v) is 5.34. The van der Waals surface area contributed by atoms with Crippen molar-refractivity contribution in [3.05, 3.63) is 41.9 Å². The Morgan fingerprint density at radius 2 is 1.86 bits per heavy atom. The maximum absolute atomic E-state index is 12.5. The van der Waals surface area contributed by atoms with Gasteiger partial charge in [-0.25, -0.2) is 9.78 Å². The van der Waals surface area contributed by atoms with Gasteiger partial charge in [-0.05, 0) is 37.5 Å². The summed E-state index contributed by atoms with van der Waals surface area (Å²) >= 11 is 0. The van der Waals surface area contributed by atoms with Crippen LogP contribution in [0.2, 0.25) is 0 Å². The summed E-state index contributed by atoms with van der Waals surface area (Å²) in [6.45, 7) is 6.37. The molecule has 0 aromatic carbocycles. The number of rotatable bonds is 8. The minimum absolute atomic E-state index is 0.0154. The summed E-state index contributed by atoms with van der Waals surface area (Å²) < 4.78 is 37.6. The molecule has 3 rings (SSSR count). The number of carbonyl (C=O) groups excluding carboxylic acids is 2. The van der Waals surface area contributed by atoms with Crippen LogP contribution in [-0.4, -0.2) is 53.3 Å². The second-order valence-corrected chi connectivity index (χ2v) is 9.05. The van der Waals surface area contributed by atoms with Gasteiger partial charge in [0, 0.05) is 36.5 Å². The number of alkyl halides is 3. The van der Waals surface area contributed by atoms with Gasteiger partial charge in [-0.15, -0.1) is 0 Å². The van der Waals surface area contributed by atoms with Crippen LogP contribution in [0.25, 0.3) is 0 Å². The third kappa shape index (κ3) is 7.20. The fraction of sp³-hybridized carbons (Fsp3) is 0.478. The maximum atomic E-state index is 12.5. The molecule has 3 heterocycles. The van der Waals surface area contributed by atoms with Gasteiger partial charge in [0.2, 0.25) is 5.91 Å². The Kier molecular flexibility index (Phi) is 8.03. The van der Waals surface area contributed by atoms with E-state index in [9.17, 15) is 22.8 Å². The lowest BCUT2D eigenvalue weighted by atomic mass is 9.95. The Bertz CT molecular complexity index is 1060. The van der Waals surface area contributed by atoms with Gasteiger partial charge in [0.1, 0.15) is 18.4 Å². The topological polar surface area (TPSA) is 120 Å². The van der Waals surface area contributed by atoms with Crippen molar-refractivity contribution < 1.29 is 22.8 Å². The van der Waals surface area contributed by atoms with Crippen molar-refractivity contribution in [2.75, 3.05) is 29.0 Å². The average Bonchev–Trinajstić information content (AvgIpc) is 3.18. The molecule has 0 radical (unpaired) electrons. The molecule has 0 fully saturated rings. The number of nitrogens with one attached hydrogen (secondary N) is 5. The maximum Gasteiger partial charge on any atom is 0.405 e. The third-order valence-electron chi connectivity index (χ3n) is 5.34. The fourth-order valence-electron chi connectivity index (χ4n) is 3.74. The van der Waals surface area contributed by atoms with Crippen molar-refractivity contribution >= 4 is 29.1 Å². The average molecular weight is 494 g/mol. The van der Waals surface area contributed by atoms with Gasteiger partial charge in [0.05, 0.1) is 17.6 Å². The molecule has 3 amide bonds. The highest BCUT2D eigenvalue weighted by atomic mass is 19.4. The smallest absolute Gasteiger partial charge is 0.372 e. The summed E-state index contributed by atoms with van der Waals surface area (Å²) in [6, 6.07) is 2.43. The zero-order chi connectivity index (χ0) is 25.8. The van der Waals surface area contributed by atoms with Crippen molar-refractivity contribution in [1.29, 1.82) is 0 Å². The quantitative estimate of drug-likeness (QED) is 0.383. The standard InChI is InChI=1S/C23H30F3N7O2/c1-12(2)19(21(34)30-11-23(24,25)26)32-15-5-14(7-27-8-15)18-10-29-20-17(18)6-16(9-28-20)33-22(35)31-13(3)4/h5-9,12-13,18-19,32H,10-11H2,1-4H3,(H,28,29)(H,30,34)(H2,31,33,35). The van der Waals surface area contributed by atoms with Crippen molar-refractivity contribution in [1.82, 2.24) is 20.6 Å². The van der Waals surface area contributed by atoms with Crippen molar-refractivity contribution in [2.24, 2.45) is 5.92 Å². The van der Waals surface area contributed by atoms with Gasteiger partial charge in [-0.3, -0.25) is 9.78 Å². The molecule has 2 atom stereocenters. The lowest BCUT2D eigenvalue weighted by molar-refractivity contribution is -0.139. The first-order valence-electron chi connectivity index (χ1n) is 11.3. The number of fused-ring (bicyclic) bond motifs is 1. The first-order chi connectivity index (χ1) is 16.4. The summed E-state index contributed by atoms with van der Waals surface area (Å²) in [5.74, 6) is -0.446. The summed E-state index contributed by atoms with van der Waals surface area (Å²) in [7, 11) is 0. The van der Waals surface area contributed by atoms with Crippen molar-refractivity contribution in [3.63, 3.8) is 0 Å². The molecule has 0 spiro atoms. The van der Waals surface area contributed by atoms with Crippen LogP contribution in [0.3, 0.4) is 0 Å². The van der Waals surface area contributed by atoms with E-state index in [1.54, 1.807) is 26.2 Å². The molecule has 12 heteroatoms. The Morgan fingerprint density at radius 3 is 2.51 bits per heavy atom. The van der Waals surface area contributed by atoms with E-state index in [1.807, 2.05) is 31.3 Å². The van der Waals surface area contributed by atoms with Crippen molar-refractivity contribution in [3.8, 4) is 0 Å². The van der Waals surface area contributed by atoms with E-state index < -0.39 is 24.7 Å². The van der Waals surface area contributed by atoms with Crippen LogP contribution >= 0.6 is 0 Å². The fourth-order valence-corrected chi connectivity index (χ4v) is 3.74. The molecule has 2 aromatic heterocycles. The Balaban J connectivity index is 1.76. The Labute approximate surface area is 201 Å². The second kappa shape index (κ2) is 10.8. The number of urea groups is 1. The summed E-state index contributed by atoms with van der Waals surface area (Å²) in [6.07, 6.45) is 0.286. The number of nitrogens with zero attached hydrogens (tertiary/aromatic N) is 2. The van der Waals surface area contributed by atoms with Gasteiger partial charge < -0.3 is 26.6 Å². The van der Waals surface area contributed by atoms with E-state index in [0.29, 0.717) is 23.7 Å². The number of aromatic nitrogens is 2. The van der Waals surface area contributed by atoms with E-state index in [-0.39, 0.29) is 23.9 Å². The Hall–Kier alpha value is -3.57. The molecule has 2 unspecified atom stereocenters. The number of hydrogen-bond donors (Lipinski definition) is 5. The molecule has 0 saturated heterocycles. The van der Waals surface area contributed by atoms with Crippen LogP contribution in [-0.2, 0) is 4.79 Å². The van der Waals surface area contributed by atoms with E-state index in [0.717, 1.165) is 11.1 Å². The minimum atomic E-state index is -4.49. The molecule has 1 aliphatic heterocycles. The molecule has 35 heavy (non-hydrogen) atoms. The van der Waals surface area contributed by atoms with Crippen LogP contribution in [0.1, 0.15) is 44.7 Å². The number of amides is 3. The molecular weight excluding hydrogens is 463 g/mol. The van der Waals surface area contributed by atoms with Crippen LogP contribution in [0.4, 0.5) is 35.2 Å². The van der Waals surface area contributed by atoms with Gasteiger partial charge in [-0.2, -0.15) is 13.2 Å². The van der Waals surface area contributed by atoms with Crippen LogP contribution < -0.4 is 26.6 Å². The molecule has 9 nitrogen and oxygen atoms in total. The highest BCUT2D eigenvalue weighted by molar-refractivity contribution is 5.89. The number of hydrogen-bond acceptors (Lipinski definition) is 6. The predicted octanol–water partition coefficient (Wildman–Crippen LogP) is 3.68. The van der Waals surface area contributed by atoms with Crippen LogP contribution in [0.15, 0.2) is 30.7 Å². The first-order valence-corrected chi connectivity index (χ1v) is 11.3. The predicted molar refractivity (Wildman–Crippen MR) is 127 cm³/mol. The number of anilines is 3. The molecular formula is C23H30F3N7O2. The van der Waals surface area contributed by atoms with E-state index in [1.165, 1.54) is 6.20 Å². The molecule has 0 aliphatic carbocycles. The zero-order valence-electron chi connectivity index (χ0n) is 20.0. The normalized spacial score (nSPS) is 15.9. The van der Waals surface area contributed by atoms with Gasteiger partial charge in [-0.1, -0.05) is 13.8 Å². The molecule has 2 aromatic rings. The lowest BCUT2D eigenvalue weighted by Crippen LogP contribution is -2.46. The summed E-state index contributed by atoms with van der Waals surface area (Å²) in [4.78, 5) is 33.1. The van der Waals surface area contributed by atoms with Crippen molar-refractivity contribution in [2.45, 2.75) is 51.9 Å². The minimum Gasteiger partial charge on any atom is -0.372 e. The SMILES string of the molecule is CC(C)NC(=O)Nc1cnc2c(c1)C(c1cncc(NC(C(=O)NCC(F)(F)F)C(C)C)c1)CN2. The number of halogens is 3. The van der Waals surface area contributed by atoms with Gasteiger partial charge >= 0.3 is 12.2 Å². The number of carbonyl (C=O) groups is 2. The number of pyridine rings is 2. The van der Waals surface area contributed by atoms with E-state index in [4.69, 9.17) is 0 Å². The molecule has 0 saturated carbocycles.